The fourth-order valence-electron chi connectivity index (χ4n) is 4.27. The Morgan fingerprint density at radius 1 is 1.06 bits per heavy atom. The molecule has 7 heteroatoms. The van der Waals surface area contributed by atoms with E-state index in [1.54, 1.807) is 0 Å². The molecular weight excluding hydrogens is 391 g/mol. The molecule has 4 rings (SSSR count). The zero-order valence-corrected chi connectivity index (χ0v) is 17.5. The van der Waals surface area contributed by atoms with Gasteiger partial charge in [-0.15, -0.1) is 0 Å². The number of aliphatic hydroxyl groups is 3. The minimum Gasteiger partial charge on any atom is -0.392 e. The maximum absolute atomic E-state index is 13.2. The maximum Gasteiger partial charge on any atom is 0.216 e. The van der Waals surface area contributed by atoms with Crippen LogP contribution in [0.1, 0.15) is 36.4 Å². The Hall–Kier alpha value is -2.19. The molecule has 6 nitrogen and oxygen atoms in total. The van der Waals surface area contributed by atoms with E-state index in [9.17, 15) is 20.1 Å². The summed E-state index contributed by atoms with van der Waals surface area (Å²) >= 11 is 0. The molecule has 31 heavy (non-hydrogen) atoms. The smallest absolute Gasteiger partial charge is 0.216 e. The van der Waals surface area contributed by atoms with Gasteiger partial charge in [0.1, 0.15) is 6.23 Å². The lowest BCUT2D eigenvalue weighted by molar-refractivity contribution is -0.123. The molecule has 2 aliphatic rings. The van der Waals surface area contributed by atoms with Gasteiger partial charge in [0.25, 0.3) is 0 Å². The van der Waals surface area contributed by atoms with Crippen LogP contribution in [0.15, 0.2) is 54.6 Å². The van der Waals surface area contributed by atoms with Crippen molar-refractivity contribution in [3.63, 3.8) is 0 Å². The highest BCUT2D eigenvalue weighted by atomic mass is 16.3. The van der Waals surface area contributed by atoms with Gasteiger partial charge in [0.2, 0.25) is 5.91 Å². The van der Waals surface area contributed by atoms with Crippen molar-refractivity contribution in [1.82, 2.24) is 10.6 Å². The van der Waals surface area contributed by atoms with Crippen molar-refractivity contribution in [1.29, 1.82) is 0 Å². The van der Waals surface area contributed by atoms with Gasteiger partial charge in [0.15, 0.2) is 7.28 Å². The summed E-state index contributed by atoms with van der Waals surface area (Å²) in [4.78, 5) is 13.2. The van der Waals surface area contributed by atoms with Crippen LogP contribution >= 0.6 is 0 Å². The first-order chi connectivity index (χ1) is 15.0. The van der Waals surface area contributed by atoms with Crippen LogP contribution in [0.2, 0.25) is 5.82 Å². The molecule has 1 radical (unpaired) electrons. The average Bonchev–Trinajstić information content (AvgIpc) is 3.57. The summed E-state index contributed by atoms with van der Waals surface area (Å²) in [7, 11) is 1.85. The maximum atomic E-state index is 13.2. The van der Waals surface area contributed by atoms with E-state index in [4.69, 9.17) is 0 Å². The van der Waals surface area contributed by atoms with Crippen LogP contribution in [0.4, 0.5) is 0 Å². The lowest BCUT2D eigenvalue weighted by atomic mass is 9.57. The normalized spacial score (nSPS) is 22.9. The van der Waals surface area contributed by atoms with Gasteiger partial charge in [-0.3, -0.25) is 10.1 Å². The van der Waals surface area contributed by atoms with Crippen LogP contribution in [0.3, 0.4) is 0 Å². The molecule has 1 saturated carbocycles. The van der Waals surface area contributed by atoms with Crippen molar-refractivity contribution >= 4 is 18.6 Å². The molecule has 0 aromatic heterocycles. The second-order valence-electron chi connectivity index (χ2n) is 8.72. The fourth-order valence-corrected chi connectivity index (χ4v) is 4.27. The zero-order valence-electron chi connectivity index (χ0n) is 17.5. The molecule has 0 bridgehead atoms. The van der Waals surface area contributed by atoms with Crippen molar-refractivity contribution in [3.05, 3.63) is 65.7 Å². The molecular formula is C24H30BN2O4. The largest absolute Gasteiger partial charge is 0.392 e. The summed E-state index contributed by atoms with van der Waals surface area (Å²) in [5, 5.41) is 37.0. The van der Waals surface area contributed by atoms with Gasteiger partial charge >= 0.3 is 0 Å². The predicted molar refractivity (Wildman–Crippen MR) is 120 cm³/mol. The Morgan fingerprint density at radius 3 is 2.52 bits per heavy atom. The summed E-state index contributed by atoms with van der Waals surface area (Å²) in [6.07, 6.45) is 0.675. The number of hydrogen-bond donors (Lipinski definition) is 5. The number of aliphatic hydroxyl groups excluding tert-OH is 3. The van der Waals surface area contributed by atoms with E-state index < -0.39 is 30.3 Å². The van der Waals surface area contributed by atoms with Gasteiger partial charge in [-0.2, -0.15) is 0 Å². The van der Waals surface area contributed by atoms with Crippen molar-refractivity contribution in [2.75, 3.05) is 6.54 Å². The van der Waals surface area contributed by atoms with Crippen molar-refractivity contribution in [2.24, 2.45) is 5.92 Å². The van der Waals surface area contributed by atoms with E-state index in [0.717, 1.165) is 29.4 Å². The molecule has 0 aliphatic heterocycles. The topological polar surface area (TPSA) is 102 Å². The van der Waals surface area contributed by atoms with Crippen molar-refractivity contribution in [3.8, 4) is 0 Å². The third-order valence-corrected chi connectivity index (χ3v) is 6.19. The van der Waals surface area contributed by atoms with E-state index in [0.29, 0.717) is 6.42 Å². The van der Waals surface area contributed by atoms with Crippen LogP contribution < -0.4 is 16.1 Å². The third-order valence-electron chi connectivity index (χ3n) is 6.19. The predicted octanol–water partition coefficient (Wildman–Crippen LogP) is 0.648. The highest BCUT2D eigenvalue weighted by Crippen LogP contribution is 2.32. The molecule has 0 heterocycles. The molecule has 2 aromatic rings. The summed E-state index contributed by atoms with van der Waals surface area (Å²) in [6.45, 7) is 0.221. The Bertz CT molecular complexity index is 877. The first kappa shape index (κ1) is 22.0. The number of carbonyl (C=O) groups is 1. The fraction of sp³-hybridized carbons (Fsp3) is 0.458. The number of amides is 1. The quantitative estimate of drug-likeness (QED) is 0.287. The molecule has 2 aromatic carbocycles. The van der Waals surface area contributed by atoms with Gasteiger partial charge in [-0.1, -0.05) is 60.1 Å². The van der Waals surface area contributed by atoms with E-state index >= 15 is 0 Å². The summed E-state index contributed by atoms with van der Waals surface area (Å²) in [5.74, 6) is -0.533. The number of carbonyl (C=O) groups excluding carboxylic acids is 1. The van der Waals surface area contributed by atoms with E-state index in [1.807, 2.05) is 61.9 Å². The van der Waals surface area contributed by atoms with E-state index in [2.05, 4.69) is 10.6 Å². The zero-order chi connectivity index (χ0) is 21.8. The third kappa shape index (κ3) is 5.74. The Balaban J connectivity index is 1.42. The minimum absolute atomic E-state index is 0.218. The summed E-state index contributed by atoms with van der Waals surface area (Å²) in [5.41, 5.74) is 2.88. The van der Waals surface area contributed by atoms with Gasteiger partial charge in [0.05, 0.1) is 18.2 Å². The second kappa shape index (κ2) is 9.96. The Morgan fingerprint density at radius 2 is 1.77 bits per heavy atom. The number of hydrogen-bond acceptors (Lipinski definition) is 5. The summed E-state index contributed by atoms with van der Waals surface area (Å²) < 4.78 is 0. The Labute approximate surface area is 183 Å². The average molecular weight is 421 g/mol. The lowest BCUT2D eigenvalue weighted by Gasteiger charge is -2.24. The van der Waals surface area contributed by atoms with Crippen LogP contribution in [0.5, 0.6) is 0 Å². The number of fused-ring (bicyclic) bond motifs is 1. The van der Waals surface area contributed by atoms with Gasteiger partial charge < -0.3 is 20.6 Å². The van der Waals surface area contributed by atoms with Crippen LogP contribution in [-0.2, 0) is 11.2 Å². The summed E-state index contributed by atoms with van der Waals surface area (Å²) in [6, 6.07) is 16.8. The molecule has 5 unspecified atom stereocenters. The molecule has 0 spiro atoms. The molecule has 1 fully saturated rings. The highest BCUT2D eigenvalue weighted by molar-refractivity contribution is 6.59. The van der Waals surface area contributed by atoms with Gasteiger partial charge in [0, 0.05) is 18.8 Å². The first-order valence-electron chi connectivity index (χ1n) is 11.1. The van der Waals surface area contributed by atoms with E-state index in [1.165, 1.54) is 0 Å². The molecule has 2 aliphatic carbocycles. The first-order valence-corrected chi connectivity index (χ1v) is 11.1. The van der Waals surface area contributed by atoms with Crippen LogP contribution in [0, 0.1) is 5.92 Å². The van der Waals surface area contributed by atoms with Crippen LogP contribution in [-0.4, -0.2) is 53.5 Å². The van der Waals surface area contributed by atoms with E-state index in [-0.39, 0.29) is 24.8 Å². The monoisotopic (exact) mass is 421 g/mol. The Kier molecular flexibility index (Phi) is 7.08. The molecule has 1 amide bonds. The van der Waals surface area contributed by atoms with Gasteiger partial charge in [-0.25, -0.2) is 0 Å². The highest BCUT2D eigenvalue weighted by Gasteiger charge is 2.34. The SMILES string of the molecule is O=C(NC1c2ccccc2CC1O)C([B]c1ccccc1)CC(O)CNC(O)C1CC1. The standard InChI is InChI=1S/C24H30BN2O4/c28-18(14-26-23(30)15-10-11-15)13-20(25-17-7-2-1-3-8-17)24(31)27-22-19-9-5-4-6-16(19)12-21(22)29/h1-9,15,18,20-23,26,28-30H,10-14H2,(H,27,31). The van der Waals surface area contributed by atoms with Crippen molar-refractivity contribution in [2.45, 2.75) is 56.0 Å². The number of rotatable bonds is 10. The molecule has 5 atom stereocenters. The lowest BCUT2D eigenvalue weighted by Crippen LogP contribution is -2.42. The van der Waals surface area contributed by atoms with Crippen molar-refractivity contribution < 1.29 is 20.1 Å². The molecule has 0 saturated heterocycles. The molecule has 163 valence electrons. The molecule has 5 N–H and O–H groups in total. The van der Waals surface area contributed by atoms with Gasteiger partial charge in [-0.05, 0) is 36.3 Å². The van der Waals surface area contributed by atoms with Crippen LogP contribution in [0.25, 0.3) is 0 Å². The minimum atomic E-state index is -0.787. The number of nitrogens with one attached hydrogen (secondary N) is 2. The number of benzene rings is 2. The second-order valence-corrected chi connectivity index (χ2v) is 8.72.